The van der Waals surface area contributed by atoms with E-state index in [1.807, 2.05) is 0 Å². The minimum absolute atomic E-state index is 0. The highest BCUT2D eigenvalue weighted by molar-refractivity contribution is 6.92. The van der Waals surface area contributed by atoms with E-state index in [-0.39, 0.29) is 62.6 Å². The molecule has 4 N–H and O–H groups in total. The van der Waals surface area contributed by atoms with Crippen LogP contribution in [-0.2, 0) is 0 Å². The second-order valence-corrected chi connectivity index (χ2v) is 2.98. The number of hydrogen-bond acceptors (Lipinski definition) is 4. The second-order valence-electron chi connectivity index (χ2n) is 2.98. The van der Waals surface area contributed by atoms with Gasteiger partial charge in [0.1, 0.15) is 0 Å². The summed E-state index contributed by atoms with van der Waals surface area (Å²) in [4.78, 5) is 0. The number of benzene rings is 2. The first-order valence-corrected chi connectivity index (χ1v) is 4.55. The summed E-state index contributed by atoms with van der Waals surface area (Å²) in [5.74, 6) is -0.306. The van der Waals surface area contributed by atoms with Crippen molar-refractivity contribution in [2.75, 3.05) is 0 Å². The average molecular weight is 356 g/mol. The van der Waals surface area contributed by atoms with Crippen LogP contribution in [0.3, 0.4) is 0 Å². The standard InChI is InChI=1S/2C6H6O2.4H3P/c2*7-5-3-1-2-4-6(5)8;;;;/h2*1-4,7-8H;4*1H3. The van der Waals surface area contributed by atoms with E-state index in [4.69, 9.17) is 20.4 Å². The molecule has 0 aliphatic rings. The maximum Gasteiger partial charge on any atom is 0.157 e. The minimum Gasteiger partial charge on any atom is -0.504 e. The lowest BCUT2D eigenvalue weighted by Gasteiger charge is -1.91. The monoisotopic (exact) mass is 356 g/mol. The molecule has 0 saturated carbocycles. The number of aromatic hydroxyl groups is 4. The van der Waals surface area contributed by atoms with Crippen LogP contribution in [0.1, 0.15) is 0 Å². The van der Waals surface area contributed by atoms with Crippen molar-refractivity contribution in [2.24, 2.45) is 0 Å². The van der Waals surface area contributed by atoms with Crippen LogP contribution < -0.4 is 0 Å². The van der Waals surface area contributed by atoms with Crippen molar-refractivity contribution in [3.63, 3.8) is 0 Å². The topological polar surface area (TPSA) is 80.9 Å². The molecule has 8 heteroatoms. The highest BCUT2D eigenvalue weighted by Crippen LogP contribution is 2.21. The van der Waals surface area contributed by atoms with Crippen LogP contribution >= 0.6 is 39.6 Å². The summed E-state index contributed by atoms with van der Waals surface area (Å²) in [6.07, 6.45) is 0. The largest absolute Gasteiger partial charge is 0.504 e. The quantitative estimate of drug-likeness (QED) is 0.432. The zero-order valence-electron chi connectivity index (χ0n) is 11.2. The van der Waals surface area contributed by atoms with E-state index >= 15 is 0 Å². The summed E-state index contributed by atoms with van der Waals surface area (Å²) in [7, 11) is 0. The number of phenolic OH excluding ortho intramolecular Hbond substituents is 4. The third kappa shape index (κ3) is 10.2. The maximum absolute atomic E-state index is 8.67. The zero-order chi connectivity index (χ0) is 12.0. The minimum atomic E-state index is -0.0764. The summed E-state index contributed by atoms with van der Waals surface area (Å²) in [5, 5.41) is 34.7. The molecule has 0 aliphatic carbocycles. The van der Waals surface area contributed by atoms with Gasteiger partial charge in [0.05, 0.1) is 0 Å². The first-order chi connectivity index (χ1) is 7.61. The molecule has 0 aliphatic heterocycles. The third-order valence-electron chi connectivity index (χ3n) is 1.76. The molecule has 2 rings (SSSR count). The first-order valence-electron chi connectivity index (χ1n) is 4.55. The predicted octanol–water partition coefficient (Wildman–Crippen LogP) is 2.43. The van der Waals surface area contributed by atoms with E-state index in [1.165, 1.54) is 24.3 Å². The summed E-state index contributed by atoms with van der Waals surface area (Å²) < 4.78 is 0. The molecule has 116 valence electrons. The van der Waals surface area contributed by atoms with E-state index in [1.54, 1.807) is 24.3 Å². The fraction of sp³-hybridized carbons (Fsp3) is 0. The Hall–Kier alpha value is -0.640. The van der Waals surface area contributed by atoms with Crippen molar-refractivity contribution in [1.29, 1.82) is 0 Å². The van der Waals surface area contributed by atoms with Crippen LogP contribution in [0.5, 0.6) is 23.0 Å². The van der Waals surface area contributed by atoms with Crippen LogP contribution in [0.2, 0.25) is 0 Å². The van der Waals surface area contributed by atoms with Gasteiger partial charge in [0.15, 0.2) is 23.0 Å². The van der Waals surface area contributed by atoms with E-state index in [2.05, 4.69) is 0 Å². The van der Waals surface area contributed by atoms with Gasteiger partial charge in [0.25, 0.3) is 0 Å². The van der Waals surface area contributed by atoms with Gasteiger partial charge >= 0.3 is 0 Å². The van der Waals surface area contributed by atoms with Crippen molar-refractivity contribution >= 4 is 39.6 Å². The summed E-state index contributed by atoms with van der Waals surface area (Å²) >= 11 is 0. The maximum atomic E-state index is 8.67. The molecule has 0 heterocycles. The molecule has 0 bridgehead atoms. The number of hydrogen-bond donors (Lipinski definition) is 4. The molecule has 0 amide bonds. The third-order valence-corrected chi connectivity index (χ3v) is 1.76. The Balaban J connectivity index is -0.000000107. The molecular weight excluding hydrogens is 332 g/mol. The molecule has 20 heavy (non-hydrogen) atoms. The van der Waals surface area contributed by atoms with Gasteiger partial charge in [-0.1, -0.05) is 24.3 Å². The van der Waals surface area contributed by atoms with Crippen molar-refractivity contribution < 1.29 is 20.4 Å². The number of rotatable bonds is 0. The van der Waals surface area contributed by atoms with Gasteiger partial charge in [0.2, 0.25) is 0 Å². The fourth-order valence-electron chi connectivity index (χ4n) is 0.928. The highest BCUT2D eigenvalue weighted by atomic mass is 31.0. The molecule has 4 atom stereocenters. The number of phenols is 4. The van der Waals surface area contributed by atoms with Gasteiger partial charge in [-0.05, 0) is 24.3 Å². The molecular formula is C12H24O4P4. The summed E-state index contributed by atoms with van der Waals surface area (Å²) in [5.41, 5.74) is 0. The lowest BCUT2D eigenvalue weighted by atomic mass is 10.3. The molecule has 0 radical (unpaired) electrons. The molecule has 4 unspecified atom stereocenters. The Morgan fingerprint density at radius 1 is 0.400 bits per heavy atom. The van der Waals surface area contributed by atoms with E-state index < -0.39 is 0 Å². The zero-order valence-corrected chi connectivity index (χ0v) is 16.9. The molecule has 4 nitrogen and oxygen atoms in total. The number of para-hydroxylation sites is 4. The Kier molecular flexibility index (Phi) is 20.4. The molecule has 0 fully saturated rings. The van der Waals surface area contributed by atoms with Crippen LogP contribution in [-0.4, -0.2) is 20.4 Å². The first kappa shape index (κ1) is 27.7. The summed E-state index contributed by atoms with van der Waals surface area (Å²) in [6, 6.07) is 12.3. The van der Waals surface area contributed by atoms with Gasteiger partial charge in [0, 0.05) is 0 Å². The Labute approximate surface area is 132 Å². The van der Waals surface area contributed by atoms with Gasteiger partial charge in [-0.15, -0.1) is 0 Å². The Morgan fingerprint density at radius 3 is 0.650 bits per heavy atom. The average Bonchev–Trinajstić information content (AvgIpc) is 2.28. The van der Waals surface area contributed by atoms with Gasteiger partial charge < -0.3 is 20.4 Å². The Morgan fingerprint density at radius 2 is 0.550 bits per heavy atom. The van der Waals surface area contributed by atoms with Crippen molar-refractivity contribution in [2.45, 2.75) is 0 Å². The SMILES string of the molecule is Oc1ccccc1O.Oc1ccccc1O.P.P.P.P. The molecule has 2 aromatic rings. The van der Waals surface area contributed by atoms with Gasteiger partial charge in [-0.2, -0.15) is 39.6 Å². The normalized spacial score (nSPS) is 7.20. The molecule has 0 saturated heterocycles. The van der Waals surface area contributed by atoms with Gasteiger partial charge in [-0.25, -0.2) is 0 Å². The van der Waals surface area contributed by atoms with E-state index in [9.17, 15) is 0 Å². The molecule has 0 aromatic heterocycles. The smallest absolute Gasteiger partial charge is 0.157 e. The lowest BCUT2D eigenvalue weighted by Crippen LogP contribution is -1.63. The van der Waals surface area contributed by atoms with Crippen molar-refractivity contribution in [3.8, 4) is 23.0 Å². The lowest BCUT2D eigenvalue weighted by molar-refractivity contribution is 0.404. The van der Waals surface area contributed by atoms with E-state index in [0.717, 1.165) is 0 Å². The van der Waals surface area contributed by atoms with Crippen LogP contribution in [0.15, 0.2) is 48.5 Å². The Bertz CT molecular complexity index is 383. The molecule has 0 spiro atoms. The van der Waals surface area contributed by atoms with Crippen LogP contribution in [0, 0.1) is 0 Å². The highest BCUT2D eigenvalue weighted by Gasteiger charge is 1.90. The van der Waals surface area contributed by atoms with Crippen LogP contribution in [0.4, 0.5) is 0 Å². The second kappa shape index (κ2) is 14.8. The van der Waals surface area contributed by atoms with E-state index in [0.29, 0.717) is 0 Å². The predicted molar refractivity (Wildman–Crippen MR) is 104 cm³/mol. The summed E-state index contributed by atoms with van der Waals surface area (Å²) in [6.45, 7) is 0. The van der Waals surface area contributed by atoms with Gasteiger partial charge in [-0.3, -0.25) is 0 Å². The van der Waals surface area contributed by atoms with Crippen molar-refractivity contribution in [3.05, 3.63) is 48.5 Å². The fourth-order valence-corrected chi connectivity index (χ4v) is 0.928. The molecule has 2 aromatic carbocycles. The van der Waals surface area contributed by atoms with Crippen LogP contribution in [0.25, 0.3) is 0 Å². The van der Waals surface area contributed by atoms with Crippen molar-refractivity contribution in [1.82, 2.24) is 0 Å².